The van der Waals surface area contributed by atoms with Crippen molar-refractivity contribution in [2.45, 2.75) is 13.0 Å². The summed E-state index contributed by atoms with van der Waals surface area (Å²) in [6, 6.07) is 4.62. The fourth-order valence-corrected chi connectivity index (χ4v) is 1.39. The number of rotatable bonds is 4. The lowest BCUT2D eigenvalue weighted by Crippen LogP contribution is -2.37. The van der Waals surface area contributed by atoms with Crippen LogP contribution >= 0.6 is 0 Å². The first-order valence-corrected chi connectivity index (χ1v) is 5.32. The Hall–Kier alpha value is -1.75. The Morgan fingerprint density at radius 1 is 1.53 bits per heavy atom. The van der Waals surface area contributed by atoms with Crippen molar-refractivity contribution in [1.82, 2.24) is 4.90 Å². The maximum absolute atomic E-state index is 12.1. The minimum atomic E-state index is -0.241. The first kappa shape index (κ1) is 13.3. The second kappa shape index (κ2) is 5.54. The molecule has 0 aromatic heterocycles. The average molecular weight is 238 g/mol. The molecule has 0 fully saturated rings. The molecule has 5 heteroatoms. The van der Waals surface area contributed by atoms with Crippen LogP contribution in [0.5, 0.6) is 5.75 Å². The number of ether oxygens (including phenoxy) is 1. The Morgan fingerprint density at radius 2 is 2.18 bits per heavy atom. The highest BCUT2D eigenvalue weighted by atomic mass is 16.5. The van der Waals surface area contributed by atoms with Crippen molar-refractivity contribution < 1.29 is 14.6 Å². The summed E-state index contributed by atoms with van der Waals surface area (Å²) in [4.78, 5) is 13.5. The van der Waals surface area contributed by atoms with E-state index in [9.17, 15) is 4.79 Å². The molecule has 3 N–H and O–H groups in total. The molecule has 17 heavy (non-hydrogen) atoms. The van der Waals surface area contributed by atoms with Crippen LogP contribution in [0.15, 0.2) is 18.2 Å². The van der Waals surface area contributed by atoms with Gasteiger partial charge in [0.1, 0.15) is 5.75 Å². The van der Waals surface area contributed by atoms with Gasteiger partial charge in [-0.2, -0.15) is 0 Å². The fraction of sp³-hybridized carbons (Fsp3) is 0.417. The second-order valence-electron chi connectivity index (χ2n) is 3.94. The molecule has 0 heterocycles. The number of carbonyl (C=O) groups excluding carboxylic acids is 1. The molecule has 0 saturated carbocycles. The summed E-state index contributed by atoms with van der Waals surface area (Å²) in [5.74, 6) is 0.343. The van der Waals surface area contributed by atoms with Crippen LogP contribution in [0.25, 0.3) is 0 Å². The summed E-state index contributed by atoms with van der Waals surface area (Å²) in [5, 5.41) is 9.01. The molecular weight excluding hydrogens is 220 g/mol. The SMILES string of the molecule is COc1cc(N)cc(C(=O)N(C)C(C)CO)c1. The summed E-state index contributed by atoms with van der Waals surface area (Å²) in [5.41, 5.74) is 6.60. The fourth-order valence-electron chi connectivity index (χ4n) is 1.39. The zero-order valence-corrected chi connectivity index (χ0v) is 10.3. The number of nitrogen functional groups attached to an aromatic ring is 1. The number of likely N-dealkylation sites (N-methyl/N-ethyl adjacent to an activating group) is 1. The van der Waals surface area contributed by atoms with Crippen LogP contribution in [0.4, 0.5) is 5.69 Å². The molecule has 1 atom stereocenters. The van der Waals surface area contributed by atoms with E-state index in [1.165, 1.54) is 12.0 Å². The van der Waals surface area contributed by atoms with Gasteiger partial charge >= 0.3 is 0 Å². The largest absolute Gasteiger partial charge is 0.497 e. The number of aliphatic hydroxyl groups is 1. The molecule has 94 valence electrons. The van der Waals surface area contributed by atoms with Gasteiger partial charge in [-0.25, -0.2) is 0 Å². The van der Waals surface area contributed by atoms with Gasteiger partial charge in [-0.05, 0) is 19.1 Å². The smallest absolute Gasteiger partial charge is 0.254 e. The molecule has 1 aromatic rings. The molecule has 0 aliphatic rings. The van der Waals surface area contributed by atoms with Crippen molar-refractivity contribution in [1.29, 1.82) is 0 Å². The van der Waals surface area contributed by atoms with Crippen LogP contribution in [-0.4, -0.2) is 42.7 Å². The lowest BCUT2D eigenvalue weighted by molar-refractivity contribution is 0.0682. The summed E-state index contributed by atoms with van der Waals surface area (Å²) in [7, 11) is 3.15. The van der Waals surface area contributed by atoms with Crippen molar-refractivity contribution in [2.24, 2.45) is 0 Å². The third-order valence-corrected chi connectivity index (χ3v) is 2.66. The first-order valence-electron chi connectivity index (χ1n) is 5.32. The Bertz CT molecular complexity index is 407. The van der Waals surface area contributed by atoms with Crippen molar-refractivity contribution in [3.05, 3.63) is 23.8 Å². The molecule has 0 aliphatic heterocycles. The van der Waals surface area contributed by atoms with Gasteiger partial charge in [0, 0.05) is 24.4 Å². The van der Waals surface area contributed by atoms with Crippen molar-refractivity contribution in [2.75, 3.05) is 26.5 Å². The highest BCUT2D eigenvalue weighted by molar-refractivity contribution is 5.95. The summed E-state index contributed by atoms with van der Waals surface area (Å²) in [6.07, 6.45) is 0. The van der Waals surface area contributed by atoms with Gasteiger partial charge < -0.3 is 20.5 Å². The number of methoxy groups -OCH3 is 1. The Morgan fingerprint density at radius 3 is 2.71 bits per heavy atom. The molecule has 5 nitrogen and oxygen atoms in total. The number of aliphatic hydroxyl groups excluding tert-OH is 1. The van der Waals surface area contributed by atoms with Crippen LogP contribution in [0.3, 0.4) is 0 Å². The maximum Gasteiger partial charge on any atom is 0.254 e. The van der Waals surface area contributed by atoms with Crippen LogP contribution in [-0.2, 0) is 0 Å². The third kappa shape index (κ3) is 3.10. The van der Waals surface area contributed by atoms with Gasteiger partial charge in [-0.1, -0.05) is 0 Å². The Labute approximate surface area is 101 Å². The standard InChI is InChI=1S/C12H18N2O3/c1-8(7-15)14(2)12(16)9-4-10(13)6-11(5-9)17-3/h4-6,8,15H,7,13H2,1-3H3. The molecule has 0 spiro atoms. The quantitative estimate of drug-likeness (QED) is 0.758. The van der Waals surface area contributed by atoms with Gasteiger partial charge in [0.15, 0.2) is 0 Å². The van der Waals surface area contributed by atoms with Crippen molar-refractivity contribution in [3.8, 4) is 5.75 Å². The number of benzene rings is 1. The highest BCUT2D eigenvalue weighted by Crippen LogP contribution is 2.19. The lowest BCUT2D eigenvalue weighted by atomic mass is 10.1. The third-order valence-electron chi connectivity index (χ3n) is 2.66. The van der Waals surface area contributed by atoms with E-state index in [0.29, 0.717) is 17.0 Å². The van der Waals surface area contributed by atoms with Crippen molar-refractivity contribution in [3.63, 3.8) is 0 Å². The summed E-state index contributed by atoms with van der Waals surface area (Å²) in [6.45, 7) is 1.68. The second-order valence-corrected chi connectivity index (χ2v) is 3.94. The summed E-state index contributed by atoms with van der Waals surface area (Å²) >= 11 is 0. The zero-order valence-electron chi connectivity index (χ0n) is 10.3. The van der Waals surface area contributed by atoms with Crippen LogP contribution in [0.1, 0.15) is 17.3 Å². The van der Waals surface area contributed by atoms with Gasteiger partial charge in [0.05, 0.1) is 19.8 Å². The van der Waals surface area contributed by atoms with E-state index < -0.39 is 0 Å². The molecule has 1 rings (SSSR count). The number of hydrogen-bond acceptors (Lipinski definition) is 4. The van der Waals surface area contributed by atoms with Crippen LogP contribution in [0, 0.1) is 0 Å². The molecule has 0 bridgehead atoms. The Kier molecular flexibility index (Phi) is 4.34. The van der Waals surface area contributed by atoms with Crippen LogP contribution < -0.4 is 10.5 Å². The topological polar surface area (TPSA) is 75.8 Å². The monoisotopic (exact) mass is 238 g/mol. The Balaban J connectivity index is 2.99. The maximum atomic E-state index is 12.1. The predicted molar refractivity (Wildman–Crippen MR) is 66.0 cm³/mol. The van der Waals surface area contributed by atoms with E-state index >= 15 is 0 Å². The van der Waals surface area contributed by atoms with Crippen molar-refractivity contribution >= 4 is 11.6 Å². The van der Waals surface area contributed by atoms with E-state index in [2.05, 4.69) is 0 Å². The van der Waals surface area contributed by atoms with E-state index in [-0.39, 0.29) is 18.6 Å². The molecule has 1 unspecified atom stereocenters. The number of amides is 1. The minimum absolute atomic E-state index is 0.0817. The van der Waals surface area contributed by atoms with Gasteiger partial charge in [0.2, 0.25) is 0 Å². The van der Waals surface area contributed by atoms with E-state index in [0.717, 1.165) is 0 Å². The summed E-state index contributed by atoms with van der Waals surface area (Å²) < 4.78 is 5.05. The minimum Gasteiger partial charge on any atom is -0.497 e. The molecule has 0 aliphatic carbocycles. The number of anilines is 1. The number of hydrogen-bond donors (Lipinski definition) is 2. The predicted octanol–water partition coefficient (Wildman–Crippen LogP) is 0.730. The normalized spacial score (nSPS) is 12.0. The zero-order chi connectivity index (χ0) is 13.0. The molecular formula is C12H18N2O3. The molecule has 1 amide bonds. The van der Waals surface area contributed by atoms with Gasteiger partial charge in [-0.15, -0.1) is 0 Å². The van der Waals surface area contributed by atoms with E-state index in [4.69, 9.17) is 15.6 Å². The first-order chi connectivity index (χ1) is 7.99. The number of nitrogens with two attached hydrogens (primary N) is 1. The van der Waals surface area contributed by atoms with Gasteiger partial charge in [0.25, 0.3) is 5.91 Å². The molecule has 1 aromatic carbocycles. The van der Waals surface area contributed by atoms with Gasteiger partial charge in [-0.3, -0.25) is 4.79 Å². The average Bonchev–Trinajstić information content (AvgIpc) is 2.35. The van der Waals surface area contributed by atoms with E-state index in [1.54, 1.807) is 32.2 Å². The molecule has 0 radical (unpaired) electrons. The van der Waals surface area contributed by atoms with E-state index in [1.807, 2.05) is 0 Å². The number of carbonyl (C=O) groups is 1. The highest BCUT2D eigenvalue weighted by Gasteiger charge is 2.17. The molecule has 0 saturated heterocycles. The number of nitrogens with zero attached hydrogens (tertiary/aromatic N) is 1. The lowest BCUT2D eigenvalue weighted by Gasteiger charge is -2.23. The van der Waals surface area contributed by atoms with Crippen LogP contribution in [0.2, 0.25) is 0 Å².